The van der Waals surface area contributed by atoms with E-state index >= 15 is 0 Å². The number of allylic oxidation sites excluding steroid dienone is 1. The Morgan fingerprint density at radius 3 is 2.10 bits per heavy atom. The SMILES string of the molecule is CC(C)(C)OC(=O)NCCCCCCCCCC/C=C/c1ccc([N+](=O)[O-])cc1. The van der Waals surface area contributed by atoms with Crippen LogP contribution < -0.4 is 5.32 Å². The van der Waals surface area contributed by atoms with Crippen LogP contribution >= 0.6 is 0 Å². The number of carbonyl (C=O) groups is 1. The van der Waals surface area contributed by atoms with Gasteiger partial charge in [0.1, 0.15) is 5.60 Å². The number of rotatable bonds is 13. The van der Waals surface area contributed by atoms with E-state index in [1.165, 1.54) is 50.7 Å². The maximum atomic E-state index is 11.5. The van der Waals surface area contributed by atoms with Crippen LogP contribution in [0, 0.1) is 10.1 Å². The zero-order valence-corrected chi connectivity index (χ0v) is 18.1. The van der Waals surface area contributed by atoms with Crippen LogP contribution in [0.4, 0.5) is 10.5 Å². The predicted molar refractivity (Wildman–Crippen MR) is 118 cm³/mol. The van der Waals surface area contributed by atoms with E-state index in [0.717, 1.165) is 24.8 Å². The van der Waals surface area contributed by atoms with Crippen LogP contribution in [-0.2, 0) is 4.74 Å². The Kier molecular flexibility index (Phi) is 11.7. The number of non-ortho nitro benzene ring substituents is 1. The molecule has 0 unspecified atom stereocenters. The molecule has 1 aromatic carbocycles. The smallest absolute Gasteiger partial charge is 0.407 e. The molecule has 0 spiro atoms. The lowest BCUT2D eigenvalue weighted by molar-refractivity contribution is -0.384. The molecule has 0 heterocycles. The topological polar surface area (TPSA) is 81.5 Å². The number of ether oxygens (including phenoxy) is 1. The number of alkyl carbamates (subject to hydrolysis) is 1. The number of unbranched alkanes of at least 4 members (excludes halogenated alkanes) is 8. The summed E-state index contributed by atoms with van der Waals surface area (Å²) in [5.41, 5.74) is 0.683. The average Bonchev–Trinajstić information content (AvgIpc) is 2.64. The fraction of sp³-hybridized carbons (Fsp3) is 0.609. The summed E-state index contributed by atoms with van der Waals surface area (Å²) >= 11 is 0. The van der Waals surface area contributed by atoms with E-state index in [9.17, 15) is 14.9 Å². The highest BCUT2D eigenvalue weighted by atomic mass is 16.6. The van der Waals surface area contributed by atoms with Gasteiger partial charge in [-0.1, -0.05) is 50.7 Å². The van der Waals surface area contributed by atoms with Crippen molar-refractivity contribution in [3.05, 3.63) is 46.0 Å². The number of nitro benzene ring substituents is 1. The molecule has 1 aromatic rings. The highest BCUT2D eigenvalue weighted by Crippen LogP contribution is 2.14. The second-order valence-corrected chi connectivity index (χ2v) is 8.30. The summed E-state index contributed by atoms with van der Waals surface area (Å²) in [6.07, 6.45) is 14.3. The van der Waals surface area contributed by atoms with Crippen molar-refractivity contribution in [1.29, 1.82) is 0 Å². The summed E-state index contributed by atoms with van der Waals surface area (Å²) in [6.45, 7) is 6.27. The van der Waals surface area contributed by atoms with Gasteiger partial charge >= 0.3 is 6.09 Å². The van der Waals surface area contributed by atoms with Crippen LogP contribution in [0.25, 0.3) is 6.08 Å². The molecule has 1 rings (SSSR count). The summed E-state index contributed by atoms with van der Waals surface area (Å²) in [5, 5.41) is 13.4. The first-order valence-corrected chi connectivity index (χ1v) is 10.7. The maximum absolute atomic E-state index is 11.5. The third-order valence-electron chi connectivity index (χ3n) is 4.38. The quantitative estimate of drug-likeness (QED) is 0.227. The van der Waals surface area contributed by atoms with Gasteiger partial charge in [-0.3, -0.25) is 10.1 Å². The molecule has 0 aromatic heterocycles. The van der Waals surface area contributed by atoms with Gasteiger partial charge in [0.2, 0.25) is 0 Å². The van der Waals surface area contributed by atoms with E-state index in [1.807, 2.05) is 26.8 Å². The minimum absolute atomic E-state index is 0.126. The van der Waals surface area contributed by atoms with Crippen LogP contribution in [0.2, 0.25) is 0 Å². The minimum atomic E-state index is -0.440. The Balaban J connectivity index is 1.92. The highest BCUT2D eigenvalue weighted by molar-refractivity contribution is 5.67. The lowest BCUT2D eigenvalue weighted by atomic mass is 10.1. The third kappa shape index (κ3) is 13.4. The Morgan fingerprint density at radius 2 is 1.55 bits per heavy atom. The van der Waals surface area contributed by atoms with Crippen molar-refractivity contribution in [1.82, 2.24) is 5.32 Å². The molecule has 0 aliphatic carbocycles. The summed E-state index contributed by atoms with van der Waals surface area (Å²) in [6, 6.07) is 6.62. The number of carbonyl (C=O) groups excluding carboxylic acids is 1. The van der Waals surface area contributed by atoms with Crippen molar-refractivity contribution in [3.63, 3.8) is 0 Å². The molecule has 0 saturated heterocycles. The van der Waals surface area contributed by atoms with Gasteiger partial charge in [0.15, 0.2) is 0 Å². The van der Waals surface area contributed by atoms with E-state index in [1.54, 1.807) is 12.1 Å². The minimum Gasteiger partial charge on any atom is -0.444 e. The molecular formula is C23H36N2O4. The number of nitrogens with one attached hydrogen (secondary N) is 1. The largest absolute Gasteiger partial charge is 0.444 e. The number of benzene rings is 1. The monoisotopic (exact) mass is 404 g/mol. The normalized spacial score (nSPS) is 11.6. The standard InChI is InChI=1S/C23H36N2O4/c1-23(2,3)29-22(26)24-19-13-11-9-7-5-4-6-8-10-12-14-20-15-17-21(18-16-20)25(27)28/h12,14-18H,4-11,13,19H2,1-3H3,(H,24,26)/b14-12+. The van der Waals surface area contributed by atoms with E-state index in [2.05, 4.69) is 11.4 Å². The molecule has 6 heteroatoms. The molecule has 0 bridgehead atoms. The van der Waals surface area contributed by atoms with Gasteiger partial charge in [0, 0.05) is 18.7 Å². The molecule has 1 N–H and O–H groups in total. The molecule has 0 aliphatic heterocycles. The van der Waals surface area contributed by atoms with Crippen molar-refractivity contribution in [2.75, 3.05) is 6.54 Å². The van der Waals surface area contributed by atoms with Crippen LogP contribution in [0.3, 0.4) is 0 Å². The second-order valence-electron chi connectivity index (χ2n) is 8.30. The highest BCUT2D eigenvalue weighted by Gasteiger charge is 2.15. The van der Waals surface area contributed by atoms with Crippen molar-refractivity contribution < 1.29 is 14.5 Å². The molecule has 0 fully saturated rings. The zero-order chi connectivity index (χ0) is 21.5. The molecular weight excluding hydrogens is 368 g/mol. The predicted octanol–water partition coefficient (Wildman–Crippen LogP) is 6.64. The Labute approximate surface area is 174 Å². The summed E-state index contributed by atoms with van der Waals surface area (Å²) in [5.74, 6) is 0. The van der Waals surface area contributed by atoms with Gasteiger partial charge < -0.3 is 10.1 Å². The number of hydrogen-bond acceptors (Lipinski definition) is 4. The summed E-state index contributed by atoms with van der Waals surface area (Å²) in [7, 11) is 0. The van der Waals surface area contributed by atoms with E-state index < -0.39 is 5.60 Å². The van der Waals surface area contributed by atoms with E-state index in [0.29, 0.717) is 6.54 Å². The van der Waals surface area contributed by atoms with Gasteiger partial charge in [0.25, 0.3) is 5.69 Å². The Bertz CT molecular complexity index is 633. The molecule has 6 nitrogen and oxygen atoms in total. The number of nitro groups is 1. The Hall–Kier alpha value is -2.37. The lowest BCUT2D eigenvalue weighted by Gasteiger charge is -2.19. The molecule has 0 radical (unpaired) electrons. The fourth-order valence-electron chi connectivity index (χ4n) is 2.88. The molecule has 1 amide bonds. The molecule has 29 heavy (non-hydrogen) atoms. The molecule has 162 valence electrons. The zero-order valence-electron chi connectivity index (χ0n) is 18.1. The Morgan fingerprint density at radius 1 is 1.00 bits per heavy atom. The van der Waals surface area contributed by atoms with E-state index in [4.69, 9.17) is 4.74 Å². The maximum Gasteiger partial charge on any atom is 0.407 e. The van der Waals surface area contributed by atoms with Crippen LogP contribution in [0.5, 0.6) is 0 Å². The van der Waals surface area contributed by atoms with Crippen LogP contribution in [-0.4, -0.2) is 23.2 Å². The average molecular weight is 405 g/mol. The van der Waals surface area contributed by atoms with Gasteiger partial charge in [-0.05, 0) is 57.7 Å². The lowest BCUT2D eigenvalue weighted by Crippen LogP contribution is -2.32. The fourth-order valence-corrected chi connectivity index (χ4v) is 2.88. The molecule has 0 atom stereocenters. The van der Waals surface area contributed by atoms with Crippen molar-refractivity contribution in [2.45, 2.75) is 84.2 Å². The first kappa shape index (κ1) is 24.7. The molecule has 0 aliphatic rings. The third-order valence-corrected chi connectivity index (χ3v) is 4.38. The number of hydrogen-bond donors (Lipinski definition) is 1. The van der Waals surface area contributed by atoms with Gasteiger partial charge in [0.05, 0.1) is 4.92 Å². The summed E-state index contributed by atoms with van der Waals surface area (Å²) in [4.78, 5) is 21.7. The van der Waals surface area contributed by atoms with Gasteiger partial charge in [-0.15, -0.1) is 0 Å². The van der Waals surface area contributed by atoms with E-state index in [-0.39, 0.29) is 16.7 Å². The van der Waals surface area contributed by atoms with Crippen molar-refractivity contribution >= 4 is 17.9 Å². The first-order valence-electron chi connectivity index (χ1n) is 10.7. The number of amides is 1. The van der Waals surface area contributed by atoms with Crippen molar-refractivity contribution in [3.8, 4) is 0 Å². The van der Waals surface area contributed by atoms with Crippen LogP contribution in [0.15, 0.2) is 30.3 Å². The first-order chi connectivity index (χ1) is 13.8. The van der Waals surface area contributed by atoms with Crippen LogP contribution in [0.1, 0.15) is 84.1 Å². The number of nitrogens with zero attached hydrogens (tertiary/aromatic N) is 1. The summed E-state index contributed by atoms with van der Waals surface area (Å²) < 4.78 is 5.20. The van der Waals surface area contributed by atoms with Crippen molar-refractivity contribution in [2.24, 2.45) is 0 Å². The van der Waals surface area contributed by atoms with Gasteiger partial charge in [-0.2, -0.15) is 0 Å². The molecule has 0 saturated carbocycles. The van der Waals surface area contributed by atoms with Gasteiger partial charge in [-0.25, -0.2) is 4.79 Å². The second kappa shape index (κ2) is 13.7.